The van der Waals surface area contributed by atoms with Gasteiger partial charge in [0.25, 0.3) is 0 Å². The van der Waals surface area contributed by atoms with Crippen LogP contribution in [-0.2, 0) is 0 Å². The highest BCUT2D eigenvalue weighted by molar-refractivity contribution is 5.10. The van der Waals surface area contributed by atoms with Gasteiger partial charge in [0.2, 0.25) is 0 Å². The molecule has 0 heterocycles. The minimum Gasteiger partial charge on any atom is -0.386 e. The molecule has 1 fully saturated rings. The summed E-state index contributed by atoms with van der Waals surface area (Å²) in [5, 5.41) is 10.0. The SMILES string of the molecule is OC1(CC2CC2)C=CC(C(F)(F)F)CC1. The molecule has 2 aliphatic rings. The zero-order chi connectivity index (χ0) is 11.1. The van der Waals surface area contributed by atoms with Crippen LogP contribution in [0.15, 0.2) is 12.2 Å². The Balaban J connectivity index is 1.97. The predicted octanol–water partition coefficient (Wildman–Crippen LogP) is 3.05. The number of alkyl halides is 3. The van der Waals surface area contributed by atoms with Crippen molar-refractivity contribution in [1.82, 2.24) is 0 Å². The molecule has 1 N–H and O–H groups in total. The van der Waals surface area contributed by atoms with Gasteiger partial charge in [-0.1, -0.05) is 25.0 Å². The zero-order valence-electron chi connectivity index (χ0n) is 8.43. The van der Waals surface area contributed by atoms with Crippen LogP contribution in [0, 0.1) is 11.8 Å². The second-order valence-corrected chi connectivity index (χ2v) is 4.80. The molecular formula is C11H15F3O. The van der Waals surface area contributed by atoms with Crippen LogP contribution in [0.5, 0.6) is 0 Å². The van der Waals surface area contributed by atoms with E-state index >= 15 is 0 Å². The first-order valence-corrected chi connectivity index (χ1v) is 5.37. The number of halogens is 3. The highest BCUT2D eigenvalue weighted by Crippen LogP contribution is 2.43. The Hall–Kier alpha value is -0.510. The smallest absolute Gasteiger partial charge is 0.386 e. The molecule has 0 aromatic rings. The molecule has 2 unspecified atom stereocenters. The maximum Gasteiger partial charge on any atom is 0.395 e. The maximum atomic E-state index is 12.3. The molecule has 0 aliphatic heterocycles. The fourth-order valence-electron chi connectivity index (χ4n) is 2.15. The molecule has 0 radical (unpaired) electrons. The highest BCUT2D eigenvalue weighted by atomic mass is 19.4. The molecule has 1 saturated carbocycles. The molecular weight excluding hydrogens is 205 g/mol. The first-order valence-electron chi connectivity index (χ1n) is 5.37. The Morgan fingerprint density at radius 1 is 1.27 bits per heavy atom. The molecule has 0 aromatic heterocycles. The Morgan fingerprint density at radius 3 is 2.33 bits per heavy atom. The van der Waals surface area contributed by atoms with Crippen molar-refractivity contribution in [2.45, 2.75) is 43.9 Å². The van der Waals surface area contributed by atoms with Crippen molar-refractivity contribution < 1.29 is 18.3 Å². The lowest BCUT2D eigenvalue weighted by Gasteiger charge is -2.31. The zero-order valence-corrected chi connectivity index (χ0v) is 8.43. The van der Waals surface area contributed by atoms with Gasteiger partial charge in [-0.3, -0.25) is 0 Å². The fourth-order valence-corrected chi connectivity index (χ4v) is 2.15. The van der Waals surface area contributed by atoms with Crippen LogP contribution < -0.4 is 0 Å². The van der Waals surface area contributed by atoms with Crippen molar-refractivity contribution in [2.75, 3.05) is 0 Å². The first kappa shape index (κ1) is 11.0. The second kappa shape index (κ2) is 3.51. The Kier molecular flexibility index (Phi) is 2.57. The van der Waals surface area contributed by atoms with Crippen molar-refractivity contribution in [3.8, 4) is 0 Å². The quantitative estimate of drug-likeness (QED) is 0.709. The molecule has 86 valence electrons. The molecule has 0 saturated heterocycles. The lowest BCUT2D eigenvalue weighted by molar-refractivity contribution is -0.167. The Morgan fingerprint density at radius 2 is 1.93 bits per heavy atom. The number of hydrogen-bond donors (Lipinski definition) is 1. The third kappa shape index (κ3) is 2.74. The van der Waals surface area contributed by atoms with Crippen LogP contribution in [0.2, 0.25) is 0 Å². The van der Waals surface area contributed by atoms with Crippen molar-refractivity contribution in [3.05, 3.63) is 12.2 Å². The van der Waals surface area contributed by atoms with Crippen LogP contribution in [0.1, 0.15) is 32.1 Å². The van der Waals surface area contributed by atoms with E-state index < -0.39 is 17.7 Å². The predicted molar refractivity (Wildman–Crippen MR) is 50.2 cm³/mol. The van der Waals surface area contributed by atoms with E-state index in [-0.39, 0.29) is 12.8 Å². The summed E-state index contributed by atoms with van der Waals surface area (Å²) in [6.45, 7) is 0. The molecule has 0 spiro atoms. The van der Waals surface area contributed by atoms with E-state index in [1.807, 2.05) is 0 Å². The van der Waals surface area contributed by atoms with Gasteiger partial charge in [0.05, 0.1) is 11.5 Å². The van der Waals surface area contributed by atoms with Crippen molar-refractivity contribution in [1.29, 1.82) is 0 Å². The van der Waals surface area contributed by atoms with Crippen molar-refractivity contribution >= 4 is 0 Å². The molecule has 1 nitrogen and oxygen atoms in total. The van der Waals surface area contributed by atoms with Crippen LogP contribution in [-0.4, -0.2) is 16.9 Å². The van der Waals surface area contributed by atoms with E-state index in [2.05, 4.69) is 0 Å². The minimum absolute atomic E-state index is 0.0171. The summed E-state index contributed by atoms with van der Waals surface area (Å²) in [5.74, 6) is -0.834. The largest absolute Gasteiger partial charge is 0.395 e. The molecule has 4 heteroatoms. The molecule has 0 aromatic carbocycles. The summed E-state index contributed by atoms with van der Waals surface area (Å²) in [7, 11) is 0. The normalized spacial score (nSPS) is 36.9. The molecule has 0 amide bonds. The summed E-state index contributed by atoms with van der Waals surface area (Å²) in [6, 6.07) is 0. The molecule has 15 heavy (non-hydrogen) atoms. The third-order valence-corrected chi connectivity index (χ3v) is 3.29. The van der Waals surface area contributed by atoms with E-state index in [0.717, 1.165) is 18.9 Å². The molecule has 2 rings (SSSR count). The van der Waals surface area contributed by atoms with E-state index in [1.165, 1.54) is 6.08 Å². The van der Waals surface area contributed by atoms with Gasteiger partial charge in [0.1, 0.15) is 0 Å². The van der Waals surface area contributed by atoms with Gasteiger partial charge in [-0.2, -0.15) is 13.2 Å². The third-order valence-electron chi connectivity index (χ3n) is 3.29. The average Bonchev–Trinajstić information content (AvgIpc) is 2.86. The van der Waals surface area contributed by atoms with Crippen LogP contribution in [0.25, 0.3) is 0 Å². The summed E-state index contributed by atoms with van der Waals surface area (Å²) in [5.41, 5.74) is -0.969. The van der Waals surface area contributed by atoms with Gasteiger partial charge in [0.15, 0.2) is 0 Å². The Labute approximate surface area is 87.0 Å². The number of hydrogen-bond acceptors (Lipinski definition) is 1. The van der Waals surface area contributed by atoms with Gasteiger partial charge in [0, 0.05) is 0 Å². The summed E-state index contributed by atoms with van der Waals surface area (Å²) in [6.07, 6.45) is 1.45. The number of rotatable bonds is 2. The van der Waals surface area contributed by atoms with Gasteiger partial charge < -0.3 is 5.11 Å². The van der Waals surface area contributed by atoms with Crippen molar-refractivity contribution in [2.24, 2.45) is 11.8 Å². The fraction of sp³-hybridized carbons (Fsp3) is 0.818. The van der Waals surface area contributed by atoms with Gasteiger partial charge in [-0.15, -0.1) is 0 Å². The first-order chi connectivity index (χ1) is 6.89. The van der Waals surface area contributed by atoms with Gasteiger partial charge >= 0.3 is 6.18 Å². The topological polar surface area (TPSA) is 20.2 Å². The van der Waals surface area contributed by atoms with E-state index in [9.17, 15) is 18.3 Å². The number of allylic oxidation sites excluding steroid dienone is 1. The highest BCUT2D eigenvalue weighted by Gasteiger charge is 2.43. The molecule has 2 atom stereocenters. The van der Waals surface area contributed by atoms with E-state index in [0.29, 0.717) is 12.3 Å². The average molecular weight is 220 g/mol. The summed E-state index contributed by atoms with van der Waals surface area (Å²) in [4.78, 5) is 0. The van der Waals surface area contributed by atoms with Crippen molar-refractivity contribution in [3.63, 3.8) is 0 Å². The molecule has 2 aliphatic carbocycles. The monoisotopic (exact) mass is 220 g/mol. The lowest BCUT2D eigenvalue weighted by atomic mass is 9.82. The van der Waals surface area contributed by atoms with Crippen LogP contribution in [0.4, 0.5) is 13.2 Å². The van der Waals surface area contributed by atoms with Crippen LogP contribution in [0.3, 0.4) is 0 Å². The minimum atomic E-state index is -4.16. The van der Waals surface area contributed by atoms with E-state index in [1.54, 1.807) is 0 Å². The van der Waals surface area contributed by atoms with Crippen LogP contribution >= 0.6 is 0 Å². The summed E-state index contributed by atoms with van der Waals surface area (Å²) >= 11 is 0. The Bertz CT molecular complexity index is 267. The maximum absolute atomic E-state index is 12.3. The van der Waals surface area contributed by atoms with Gasteiger partial charge in [-0.25, -0.2) is 0 Å². The number of aliphatic hydroxyl groups is 1. The van der Waals surface area contributed by atoms with E-state index in [4.69, 9.17) is 0 Å². The lowest BCUT2D eigenvalue weighted by Crippen LogP contribution is -2.34. The molecule has 0 bridgehead atoms. The second-order valence-electron chi connectivity index (χ2n) is 4.80. The standard InChI is InChI=1S/C11H15F3O/c12-11(13,14)9-3-5-10(15,6-4-9)7-8-1-2-8/h3,5,8-9,15H,1-2,4,6-7H2. The summed E-state index contributed by atoms with van der Waals surface area (Å²) < 4.78 is 37.0. The van der Waals surface area contributed by atoms with Gasteiger partial charge in [-0.05, 0) is 25.2 Å².